The second kappa shape index (κ2) is 6.69. The lowest BCUT2D eigenvalue weighted by Crippen LogP contribution is -2.29. The summed E-state index contributed by atoms with van der Waals surface area (Å²) in [4.78, 5) is 11.9. The summed E-state index contributed by atoms with van der Waals surface area (Å²) in [5, 5.41) is 2.85. The molecule has 0 bridgehead atoms. The van der Waals surface area contributed by atoms with E-state index in [1.54, 1.807) is 10.6 Å². The molecule has 0 saturated carbocycles. The minimum atomic E-state index is -0.0841. The fourth-order valence-corrected chi connectivity index (χ4v) is 2.17. The van der Waals surface area contributed by atoms with Crippen LogP contribution in [0.2, 0.25) is 0 Å². The number of aryl methyl sites for hydroxylation is 1. The summed E-state index contributed by atoms with van der Waals surface area (Å²) < 4.78 is 7.44. The van der Waals surface area contributed by atoms with Crippen LogP contribution in [0, 0.1) is 0 Å². The molecule has 4 heteroatoms. The van der Waals surface area contributed by atoms with Crippen molar-refractivity contribution in [3.63, 3.8) is 0 Å². The van der Waals surface area contributed by atoms with E-state index in [2.05, 4.69) is 38.2 Å². The van der Waals surface area contributed by atoms with Gasteiger partial charge in [0.1, 0.15) is 18.1 Å². The van der Waals surface area contributed by atoms with Gasteiger partial charge in [0.25, 0.3) is 5.91 Å². The van der Waals surface area contributed by atoms with Crippen molar-refractivity contribution in [3.8, 4) is 5.75 Å². The van der Waals surface area contributed by atoms with Gasteiger partial charge in [-0.15, -0.1) is 0 Å². The van der Waals surface area contributed by atoms with Gasteiger partial charge >= 0.3 is 0 Å². The third-order valence-corrected chi connectivity index (χ3v) is 3.55. The Morgan fingerprint density at radius 3 is 2.41 bits per heavy atom. The number of carbonyl (C=O) groups is 1. The third kappa shape index (κ3) is 4.13. The largest absolute Gasteiger partial charge is 0.492 e. The van der Waals surface area contributed by atoms with E-state index in [-0.39, 0.29) is 11.3 Å². The smallest absolute Gasteiger partial charge is 0.268 e. The van der Waals surface area contributed by atoms with Crippen molar-refractivity contribution in [2.24, 2.45) is 7.05 Å². The number of carbonyl (C=O) groups excluding carboxylic acids is 1. The van der Waals surface area contributed by atoms with Crippen molar-refractivity contribution in [2.45, 2.75) is 26.2 Å². The minimum absolute atomic E-state index is 0.0841. The molecule has 0 fully saturated rings. The molecule has 1 amide bonds. The molecule has 0 unspecified atom stereocenters. The minimum Gasteiger partial charge on any atom is -0.492 e. The van der Waals surface area contributed by atoms with E-state index < -0.39 is 0 Å². The Morgan fingerprint density at radius 1 is 1.18 bits per heavy atom. The highest BCUT2D eigenvalue weighted by Crippen LogP contribution is 2.24. The molecule has 0 aliphatic heterocycles. The van der Waals surface area contributed by atoms with Gasteiger partial charge in [-0.2, -0.15) is 0 Å². The maximum Gasteiger partial charge on any atom is 0.268 e. The lowest BCUT2D eigenvalue weighted by molar-refractivity contribution is 0.0939. The molecule has 0 spiro atoms. The van der Waals surface area contributed by atoms with Gasteiger partial charge in [0.15, 0.2) is 0 Å². The van der Waals surface area contributed by atoms with Crippen LogP contribution < -0.4 is 10.1 Å². The molecule has 118 valence electrons. The predicted molar refractivity (Wildman–Crippen MR) is 88.4 cm³/mol. The van der Waals surface area contributed by atoms with Crippen LogP contribution in [0.3, 0.4) is 0 Å². The third-order valence-electron chi connectivity index (χ3n) is 3.55. The Balaban J connectivity index is 1.77. The first-order valence-corrected chi connectivity index (χ1v) is 7.51. The zero-order valence-electron chi connectivity index (χ0n) is 13.7. The summed E-state index contributed by atoms with van der Waals surface area (Å²) in [5.41, 5.74) is 2.06. The number of nitrogens with one attached hydrogen (secondary N) is 1. The monoisotopic (exact) mass is 300 g/mol. The van der Waals surface area contributed by atoms with Crippen molar-refractivity contribution in [2.75, 3.05) is 13.2 Å². The summed E-state index contributed by atoms with van der Waals surface area (Å²) in [6, 6.07) is 11.7. The number of amides is 1. The van der Waals surface area contributed by atoms with E-state index in [0.29, 0.717) is 18.8 Å². The van der Waals surface area contributed by atoms with Gasteiger partial charge in [-0.25, -0.2) is 0 Å². The van der Waals surface area contributed by atoms with Crippen LogP contribution in [0.5, 0.6) is 5.75 Å². The first kappa shape index (κ1) is 16.1. The summed E-state index contributed by atoms with van der Waals surface area (Å²) in [5.74, 6) is 0.736. The SMILES string of the molecule is Cn1cccc1C(=O)NCCOc1ccc(C(C)(C)C)cc1. The lowest BCUT2D eigenvalue weighted by Gasteiger charge is -2.19. The van der Waals surface area contributed by atoms with E-state index in [9.17, 15) is 4.79 Å². The van der Waals surface area contributed by atoms with Crippen LogP contribution in [-0.4, -0.2) is 23.6 Å². The van der Waals surface area contributed by atoms with E-state index in [1.165, 1.54) is 5.56 Å². The Kier molecular flexibility index (Phi) is 4.91. The molecule has 2 aromatic rings. The molecule has 0 aliphatic carbocycles. The fourth-order valence-electron chi connectivity index (χ4n) is 2.17. The van der Waals surface area contributed by atoms with E-state index in [4.69, 9.17) is 4.74 Å². The van der Waals surface area contributed by atoms with Crippen LogP contribution in [0.15, 0.2) is 42.6 Å². The van der Waals surface area contributed by atoms with Crippen molar-refractivity contribution >= 4 is 5.91 Å². The summed E-state index contributed by atoms with van der Waals surface area (Å²) in [6.07, 6.45) is 1.85. The van der Waals surface area contributed by atoms with E-state index >= 15 is 0 Å². The number of hydrogen-bond acceptors (Lipinski definition) is 2. The highest BCUT2D eigenvalue weighted by Gasteiger charge is 2.13. The molecule has 1 aromatic carbocycles. The Bertz CT molecular complexity index is 621. The zero-order valence-corrected chi connectivity index (χ0v) is 13.7. The molecule has 1 aromatic heterocycles. The van der Waals surface area contributed by atoms with Gasteiger partial charge in [-0.05, 0) is 35.2 Å². The number of hydrogen-bond donors (Lipinski definition) is 1. The summed E-state index contributed by atoms with van der Waals surface area (Å²) in [6.45, 7) is 7.47. The average Bonchev–Trinajstić information content (AvgIpc) is 2.89. The molecule has 1 N–H and O–H groups in total. The Labute approximate surface area is 132 Å². The average molecular weight is 300 g/mol. The van der Waals surface area contributed by atoms with Gasteiger partial charge in [-0.1, -0.05) is 32.9 Å². The van der Waals surface area contributed by atoms with E-state index in [1.807, 2.05) is 31.4 Å². The molecule has 0 aliphatic rings. The van der Waals surface area contributed by atoms with Gasteiger partial charge in [0.05, 0.1) is 6.54 Å². The van der Waals surface area contributed by atoms with Crippen LogP contribution in [-0.2, 0) is 12.5 Å². The number of rotatable bonds is 5. The molecule has 2 rings (SSSR count). The number of nitrogens with zero attached hydrogens (tertiary/aromatic N) is 1. The Morgan fingerprint density at radius 2 is 1.86 bits per heavy atom. The summed E-state index contributed by atoms with van der Waals surface area (Å²) >= 11 is 0. The lowest BCUT2D eigenvalue weighted by atomic mass is 9.87. The standard InChI is InChI=1S/C18H24N2O2/c1-18(2,3)14-7-9-15(10-8-14)22-13-11-19-17(21)16-6-5-12-20(16)4/h5-10,12H,11,13H2,1-4H3,(H,19,21). The van der Waals surface area contributed by atoms with Crippen molar-refractivity contribution in [1.82, 2.24) is 9.88 Å². The van der Waals surface area contributed by atoms with Crippen molar-refractivity contribution in [3.05, 3.63) is 53.9 Å². The molecule has 1 heterocycles. The molecule has 0 atom stereocenters. The second-order valence-electron chi connectivity index (χ2n) is 6.38. The topological polar surface area (TPSA) is 43.3 Å². The molecule has 22 heavy (non-hydrogen) atoms. The quantitative estimate of drug-likeness (QED) is 0.862. The maximum absolute atomic E-state index is 11.9. The van der Waals surface area contributed by atoms with E-state index in [0.717, 1.165) is 5.75 Å². The van der Waals surface area contributed by atoms with Gasteiger partial charge in [0.2, 0.25) is 0 Å². The molecular formula is C18H24N2O2. The number of aromatic nitrogens is 1. The zero-order chi connectivity index (χ0) is 16.2. The van der Waals surface area contributed by atoms with Crippen molar-refractivity contribution in [1.29, 1.82) is 0 Å². The van der Waals surface area contributed by atoms with Crippen LogP contribution >= 0.6 is 0 Å². The predicted octanol–water partition coefficient (Wildman–Crippen LogP) is 3.13. The molecular weight excluding hydrogens is 276 g/mol. The van der Waals surface area contributed by atoms with Crippen LogP contribution in [0.25, 0.3) is 0 Å². The second-order valence-corrected chi connectivity index (χ2v) is 6.38. The highest BCUT2D eigenvalue weighted by atomic mass is 16.5. The van der Waals surface area contributed by atoms with Crippen molar-refractivity contribution < 1.29 is 9.53 Å². The molecule has 0 saturated heterocycles. The Hall–Kier alpha value is -2.23. The molecule has 4 nitrogen and oxygen atoms in total. The highest BCUT2D eigenvalue weighted by molar-refractivity contribution is 5.92. The number of benzene rings is 1. The number of ether oxygens (including phenoxy) is 1. The first-order valence-electron chi connectivity index (χ1n) is 7.51. The first-order chi connectivity index (χ1) is 10.4. The summed E-state index contributed by atoms with van der Waals surface area (Å²) in [7, 11) is 1.85. The molecule has 0 radical (unpaired) electrons. The van der Waals surface area contributed by atoms with Gasteiger partial charge in [0, 0.05) is 13.2 Å². The normalized spacial score (nSPS) is 11.3. The van der Waals surface area contributed by atoms with Crippen LogP contribution in [0.4, 0.5) is 0 Å². The van der Waals surface area contributed by atoms with Gasteiger partial charge < -0.3 is 14.6 Å². The van der Waals surface area contributed by atoms with Crippen LogP contribution in [0.1, 0.15) is 36.8 Å². The van der Waals surface area contributed by atoms with Gasteiger partial charge in [-0.3, -0.25) is 4.79 Å². The maximum atomic E-state index is 11.9. The fraction of sp³-hybridized carbons (Fsp3) is 0.389.